The summed E-state index contributed by atoms with van der Waals surface area (Å²) >= 11 is 0. The zero-order chi connectivity index (χ0) is 45.2. The molecule has 0 atom stereocenters. The largest absolute Gasteiger partial charge is 0.310 e. The Kier molecular flexibility index (Phi) is 10.5. The Morgan fingerprint density at radius 1 is 0.279 bits per heavy atom. The Morgan fingerprint density at radius 3 is 1.12 bits per heavy atom. The molecule has 2 heterocycles. The van der Waals surface area contributed by atoms with Crippen LogP contribution in [-0.2, 0) is 0 Å². The first-order valence-corrected chi connectivity index (χ1v) is 22.9. The molecule has 12 aromatic rings. The van der Waals surface area contributed by atoms with Crippen LogP contribution in [-0.4, -0.2) is 19.5 Å². The van der Waals surface area contributed by atoms with E-state index in [0.29, 0.717) is 17.5 Å². The Bertz CT molecular complexity index is 3590. The summed E-state index contributed by atoms with van der Waals surface area (Å²) in [7, 11) is 0. The summed E-state index contributed by atoms with van der Waals surface area (Å²) in [6.07, 6.45) is 0. The molecule has 0 amide bonds. The lowest BCUT2D eigenvalue weighted by atomic mass is 10.0. The maximum absolute atomic E-state index is 5.35. The van der Waals surface area contributed by atoms with Gasteiger partial charge >= 0.3 is 0 Å². The van der Waals surface area contributed by atoms with Crippen molar-refractivity contribution >= 4 is 38.9 Å². The molecule has 68 heavy (non-hydrogen) atoms. The standard InChI is InChI=1S/C63H43N5/c1-6-18-44(19-7-1)47-30-32-51(33-31-47)62-64-61(50-24-12-4-13-25-50)65-63(66-62)52-42-58(60-56-28-16-17-29-57(56)68(59(60)43-52)53-26-14-5-15-27-53)67(54-38-34-48(35-39-54)45-20-8-2-9-21-45)55-40-36-49(37-41-55)46-22-10-3-11-23-46/h1-43H. The smallest absolute Gasteiger partial charge is 0.164 e. The molecule has 0 saturated carbocycles. The quantitative estimate of drug-likeness (QED) is 0.137. The highest BCUT2D eigenvalue weighted by Crippen LogP contribution is 2.46. The molecule has 0 aliphatic heterocycles. The fraction of sp³-hybridized carbons (Fsp3) is 0. The van der Waals surface area contributed by atoms with Crippen LogP contribution in [0, 0.1) is 0 Å². The first-order chi connectivity index (χ1) is 33.7. The van der Waals surface area contributed by atoms with Gasteiger partial charge in [-0.1, -0.05) is 206 Å². The molecule has 2 aromatic heterocycles. The second kappa shape index (κ2) is 17.7. The van der Waals surface area contributed by atoms with Crippen LogP contribution in [0.15, 0.2) is 261 Å². The number of anilines is 3. The van der Waals surface area contributed by atoms with Gasteiger partial charge in [-0.2, -0.15) is 0 Å². The molecule has 0 saturated heterocycles. The van der Waals surface area contributed by atoms with Crippen molar-refractivity contribution in [2.24, 2.45) is 0 Å². The van der Waals surface area contributed by atoms with E-state index in [4.69, 9.17) is 15.0 Å². The molecule has 5 nitrogen and oxygen atoms in total. The number of rotatable bonds is 10. The topological polar surface area (TPSA) is 46.8 Å². The molecule has 10 aromatic carbocycles. The van der Waals surface area contributed by atoms with Crippen LogP contribution in [0.4, 0.5) is 17.1 Å². The molecule has 0 bridgehead atoms. The van der Waals surface area contributed by atoms with Gasteiger partial charge in [0, 0.05) is 44.5 Å². The Balaban J connectivity index is 1.12. The first kappa shape index (κ1) is 40.3. The Hall–Kier alpha value is -9.19. The van der Waals surface area contributed by atoms with Crippen molar-refractivity contribution in [1.29, 1.82) is 0 Å². The van der Waals surface area contributed by atoms with Crippen molar-refractivity contribution in [3.63, 3.8) is 0 Å². The maximum Gasteiger partial charge on any atom is 0.164 e. The van der Waals surface area contributed by atoms with Gasteiger partial charge in [0.1, 0.15) is 0 Å². The lowest BCUT2D eigenvalue weighted by Crippen LogP contribution is -2.11. The minimum absolute atomic E-state index is 0.577. The van der Waals surface area contributed by atoms with Gasteiger partial charge in [-0.15, -0.1) is 0 Å². The number of para-hydroxylation sites is 2. The summed E-state index contributed by atoms with van der Waals surface area (Å²) in [5.74, 6) is 1.78. The van der Waals surface area contributed by atoms with Crippen LogP contribution >= 0.6 is 0 Å². The van der Waals surface area contributed by atoms with Gasteiger partial charge in [0.2, 0.25) is 0 Å². The summed E-state index contributed by atoms with van der Waals surface area (Å²) in [5.41, 5.74) is 15.8. The third-order valence-electron chi connectivity index (χ3n) is 12.6. The normalized spacial score (nSPS) is 11.2. The summed E-state index contributed by atoms with van der Waals surface area (Å²) in [4.78, 5) is 18.2. The van der Waals surface area contributed by atoms with Gasteiger partial charge in [0.05, 0.1) is 16.7 Å². The molecule has 5 heteroatoms. The highest BCUT2D eigenvalue weighted by molar-refractivity contribution is 6.17. The van der Waals surface area contributed by atoms with Crippen LogP contribution in [0.5, 0.6) is 0 Å². The Morgan fingerprint density at radius 2 is 0.632 bits per heavy atom. The molecule has 12 rings (SSSR count). The van der Waals surface area contributed by atoms with Crippen LogP contribution < -0.4 is 4.90 Å². The van der Waals surface area contributed by atoms with Crippen molar-refractivity contribution in [3.8, 4) is 73.2 Å². The van der Waals surface area contributed by atoms with Crippen LogP contribution in [0.3, 0.4) is 0 Å². The van der Waals surface area contributed by atoms with Crippen molar-refractivity contribution in [1.82, 2.24) is 19.5 Å². The molecule has 0 aliphatic carbocycles. The van der Waals surface area contributed by atoms with E-state index in [1.165, 1.54) is 11.1 Å². The number of fused-ring (bicyclic) bond motifs is 3. The molecule has 0 spiro atoms. The lowest BCUT2D eigenvalue weighted by molar-refractivity contribution is 1.07. The van der Waals surface area contributed by atoms with Gasteiger partial charge in [-0.05, 0) is 88.0 Å². The van der Waals surface area contributed by atoms with Crippen molar-refractivity contribution in [3.05, 3.63) is 261 Å². The minimum atomic E-state index is 0.577. The number of hydrogen-bond donors (Lipinski definition) is 0. The number of aromatic nitrogens is 4. The average Bonchev–Trinajstić information content (AvgIpc) is 3.77. The second-order valence-electron chi connectivity index (χ2n) is 16.9. The first-order valence-electron chi connectivity index (χ1n) is 22.9. The second-order valence-corrected chi connectivity index (χ2v) is 16.9. The third-order valence-corrected chi connectivity index (χ3v) is 12.6. The highest BCUT2D eigenvalue weighted by Gasteiger charge is 2.24. The highest BCUT2D eigenvalue weighted by atomic mass is 15.1. The number of nitrogens with zero attached hydrogens (tertiary/aromatic N) is 5. The summed E-state index contributed by atoms with van der Waals surface area (Å²) < 4.78 is 2.37. The van der Waals surface area contributed by atoms with Gasteiger partial charge in [0.25, 0.3) is 0 Å². The van der Waals surface area contributed by atoms with E-state index in [2.05, 4.69) is 246 Å². The van der Waals surface area contributed by atoms with E-state index in [-0.39, 0.29) is 0 Å². The number of benzene rings is 10. The number of hydrogen-bond acceptors (Lipinski definition) is 4. The monoisotopic (exact) mass is 869 g/mol. The molecule has 0 unspecified atom stereocenters. The molecular formula is C63H43N5. The van der Waals surface area contributed by atoms with Crippen molar-refractivity contribution < 1.29 is 0 Å². The predicted molar refractivity (Wildman–Crippen MR) is 281 cm³/mol. The van der Waals surface area contributed by atoms with Crippen LogP contribution in [0.2, 0.25) is 0 Å². The third kappa shape index (κ3) is 7.68. The molecule has 0 aliphatic rings. The van der Waals surface area contributed by atoms with E-state index in [0.717, 1.165) is 83.5 Å². The van der Waals surface area contributed by atoms with Crippen LogP contribution in [0.25, 0.3) is 95.0 Å². The van der Waals surface area contributed by atoms with Crippen molar-refractivity contribution in [2.45, 2.75) is 0 Å². The minimum Gasteiger partial charge on any atom is -0.310 e. The average molecular weight is 870 g/mol. The Labute approximate surface area is 395 Å². The van der Waals surface area contributed by atoms with E-state index in [1.54, 1.807) is 0 Å². The maximum atomic E-state index is 5.35. The van der Waals surface area contributed by atoms with Gasteiger partial charge in [-0.25, -0.2) is 15.0 Å². The van der Waals surface area contributed by atoms with Gasteiger partial charge in [-0.3, -0.25) is 0 Å². The fourth-order valence-electron chi connectivity index (χ4n) is 9.32. The van der Waals surface area contributed by atoms with Crippen molar-refractivity contribution in [2.75, 3.05) is 4.90 Å². The van der Waals surface area contributed by atoms with E-state index in [9.17, 15) is 0 Å². The zero-order valence-corrected chi connectivity index (χ0v) is 37.1. The molecular weight excluding hydrogens is 827 g/mol. The molecule has 0 radical (unpaired) electrons. The SMILES string of the molecule is c1ccc(-c2ccc(-c3nc(-c4ccccc4)nc(-c4cc(N(c5ccc(-c6ccccc6)cc5)c5ccc(-c6ccccc6)cc5)c5c6ccccc6n(-c6ccccc6)c5c4)n3)cc2)cc1. The molecule has 320 valence electrons. The van der Waals surface area contributed by atoms with Gasteiger partial charge < -0.3 is 9.47 Å². The summed E-state index contributed by atoms with van der Waals surface area (Å²) in [5, 5.41) is 2.25. The van der Waals surface area contributed by atoms with E-state index >= 15 is 0 Å². The lowest BCUT2D eigenvalue weighted by Gasteiger charge is -2.27. The summed E-state index contributed by atoms with van der Waals surface area (Å²) in [6.45, 7) is 0. The fourth-order valence-corrected chi connectivity index (χ4v) is 9.32. The van der Waals surface area contributed by atoms with E-state index < -0.39 is 0 Å². The van der Waals surface area contributed by atoms with E-state index in [1.807, 2.05) is 24.3 Å². The molecule has 0 fully saturated rings. The zero-order valence-electron chi connectivity index (χ0n) is 37.1. The predicted octanol–water partition coefficient (Wildman–Crippen LogP) is 16.4. The summed E-state index contributed by atoms with van der Waals surface area (Å²) in [6, 6.07) is 91.9. The van der Waals surface area contributed by atoms with Gasteiger partial charge in [0.15, 0.2) is 17.5 Å². The van der Waals surface area contributed by atoms with Crippen LogP contribution in [0.1, 0.15) is 0 Å². The molecule has 0 N–H and O–H groups in total.